The average molecular weight is 379 g/mol. The van der Waals surface area contributed by atoms with Gasteiger partial charge in [-0.05, 0) is 43.7 Å². The molecule has 1 aromatic heterocycles. The Bertz CT molecular complexity index is 1090. The zero-order valence-corrected chi connectivity index (χ0v) is 15.8. The van der Waals surface area contributed by atoms with E-state index in [9.17, 15) is 14.4 Å². The van der Waals surface area contributed by atoms with Crippen molar-refractivity contribution in [3.63, 3.8) is 0 Å². The SMILES string of the molecule is CCOC(=O)c1cccc(NC(=O)CCn2cnc3c(C)cccc3c2=O)c1. The Morgan fingerprint density at radius 3 is 2.75 bits per heavy atom. The number of hydrogen-bond donors (Lipinski definition) is 1. The molecule has 3 aromatic rings. The van der Waals surface area contributed by atoms with Crippen LogP contribution in [0.4, 0.5) is 5.69 Å². The number of benzene rings is 2. The lowest BCUT2D eigenvalue weighted by atomic mass is 10.1. The maximum atomic E-state index is 12.6. The van der Waals surface area contributed by atoms with Crippen LogP contribution in [0.2, 0.25) is 0 Å². The second-order valence-electron chi connectivity index (χ2n) is 6.31. The summed E-state index contributed by atoms with van der Waals surface area (Å²) < 4.78 is 6.38. The van der Waals surface area contributed by atoms with Crippen molar-refractivity contribution in [1.82, 2.24) is 9.55 Å². The maximum Gasteiger partial charge on any atom is 0.338 e. The number of aryl methyl sites for hydroxylation is 2. The zero-order chi connectivity index (χ0) is 20.1. The summed E-state index contributed by atoms with van der Waals surface area (Å²) >= 11 is 0. The van der Waals surface area contributed by atoms with Gasteiger partial charge in [0.25, 0.3) is 5.56 Å². The highest BCUT2D eigenvalue weighted by molar-refractivity contribution is 5.94. The molecule has 0 unspecified atom stereocenters. The molecule has 0 spiro atoms. The van der Waals surface area contributed by atoms with Crippen molar-refractivity contribution in [1.29, 1.82) is 0 Å². The lowest BCUT2D eigenvalue weighted by molar-refractivity contribution is -0.116. The van der Waals surface area contributed by atoms with E-state index in [1.54, 1.807) is 37.3 Å². The van der Waals surface area contributed by atoms with E-state index in [-0.39, 0.29) is 31.0 Å². The summed E-state index contributed by atoms with van der Waals surface area (Å²) in [7, 11) is 0. The van der Waals surface area contributed by atoms with Gasteiger partial charge >= 0.3 is 5.97 Å². The van der Waals surface area contributed by atoms with Crippen LogP contribution in [0, 0.1) is 6.92 Å². The van der Waals surface area contributed by atoms with Crippen LogP contribution in [-0.4, -0.2) is 28.0 Å². The van der Waals surface area contributed by atoms with Crippen LogP contribution in [0.15, 0.2) is 53.6 Å². The minimum Gasteiger partial charge on any atom is -0.462 e. The standard InChI is InChI=1S/C21H21N3O4/c1-3-28-21(27)15-7-5-8-16(12-15)23-18(25)10-11-24-13-22-19-14(2)6-4-9-17(19)20(24)26/h4-9,12-13H,3,10-11H2,1-2H3,(H,23,25). The molecule has 0 radical (unpaired) electrons. The minimum atomic E-state index is -0.442. The van der Waals surface area contributed by atoms with Crippen LogP contribution < -0.4 is 10.9 Å². The molecule has 0 aliphatic rings. The summed E-state index contributed by atoms with van der Waals surface area (Å²) in [5.74, 6) is -0.708. The number of carbonyl (C=O) groups excluding carboxylic acids is 2. The van der Waals surface area contributed by atoms with Gasteiger partial charge in [0.2, 0.25) is 5.91 Å². The molecule has 144 valence electrons. The first-order valence-corrected chi connectivity index (χ1v) is 9.01. The largest absolute Gasteiger partial charge is 0.462 e. The van der Waals surface area contributed by atoms with Gasteiger partial charge in [0.1, 0.15) is 0 Å². The summed E-state index contributed by atoms with van der Waals surface area (Å²) in [5.41, 5.74) is 2.29. The van der Waals surface area contributed by atoms with Crippen molar-refractivity contribution in [3.05, 3.63) is 70.3 Å². The van der Waals surface area contributed by atoms with Gasteiger partial charge in [0.05, 0.1) is 29.4 Å². The van der Waals surface area contributed by atoms with Gasteiger partial charge in [-0.2, -0.15) is 0 Å². The molecule has 1 amide bonds. The summed E-state index contributed by atoms with van der Waals surface area (Å²) in [6.07, 6.45) is 1.56. The normalized spacial score (nSPS) is 10.6. The van der Waals surface area contributed by atoms with E-state index in [0.717, 1.165) is 5.56 Å². The van der Waals surface area contributed by atoms with Gasteiger partial charge in [0, 0.05) is 18.7 Å². The lowest BCUT2D eigenvalue weighted by Crippen LogP contribution is -2.24. The van der Waals surface area contributed by atoms with Gasteiger partial charge in [-0.3, -0.25) is 14.2 Å². The number of para-hydroxylation sites is 1. The molecule has 0 bridgehead atoms. The molecular weight excluding hydrogens is 358 g/mol. The molecule has 1 heterocycles. The molecule has 0 fully saturated rings. The Balaban J connectivity index is 1.67. The van der Waals surface area contributed by atoms with E-state index in [0.29, 0.717) is 22.2 Å². The van der Waals surface area contributed by atoms with Crippen molar-refractivity contribution in [3.8, 4) is 0 Å². The average Bonchev–Trinajstić information content (AvgIpc) is 2.68. The first-order chi connectivity index (χ1) is 13.5. The number of anilines is 1. The fourth-order valence-corrected chi connectivity index (χ4v) is 2.88. The highest BCUT2D eigenvalue weighted by Crippen LogP contribution is 2.13. The Hall–Kier alpha value is -3.48. The molecule has 3 rings (SSSR count). The number of esters is 1. The quantitative estimate of drug-likeness (QED) is 0.665. The number of aromatic nitrogens is 2. The first kappa shape index (κ1) is 19.3. The van der Waals surface area contributed by atoms with Crippen molar-refractivity contribution < 1.29 is 14.3 Å². The smallest absolute Gasteiger partial charge is 0.338 e. The highest BCUT2D eigenvalue weighted by atomic mass is 16.5. The number of nitrogens with one attached hydrogen (secondary N) is 1. The van der Waals surface area contributed by atoms with E-state index in [1.807, 2.05) is 19.1 Å². The second-order valence-corrected chi connectivity index (χ2v) is 6.31. The number of hydrogen-bond acceptors (Lipinski definition) is 5. The van der Waals surface area contributed by atoms with E-state index in [1.165, 1.54) is 10.9 Å². The van der Waals surface area contributed by atoms with Crippen molar-refractivity contribution >= 4 is 28.5 Å². The molecule has 7 heteroatoms. The van der Waals surface area contributed by atoms with E-state index in [4.69, 9.17) is 4.74 Å². The molecule has 0 atom stereocenters. The van der Waals surface area contributed by atoms with Gasteiger partial charge < -0.3 is 10.1 Å². The molecule has 2 aromatic carbocycles. The summed E-state index contributed by atoms with van der Waals surface area (Å²) in [4.78, 5) is 40.9. The Labute approximate surface area is 162 Å². The third kappa shape index (κ3) is 4.25. The van der Waals surface area contributed by atoms with Gasteiger partial charge in [0.15, 0.2) is 0 Å². The maximum absolute atomic E-state index is 12.6. The van der Waals surface area contributed by atoms with Crippen LogP contribution in [0.25, 0.3) is 10.9 Å². The van der Waals surface area contributed by atoms with Crippen LogP contribution >= 0.6 is 0 Å². The number of nitrogens with zero attached hydrogens (tertiary/aromatic N) is 2. The zero-order valence-electron chi connectivity index (χ0n) is 15.8. The molecule has 0 aliphatic heterocycles. The summed E-state index contributed by atoms with van der Waals surface area (Å²) in [5, 5.41) is 3.27. The number of rotatable bonds is 6. The van der Waals surface area contributed by atoms with Crippen LogP contribution in [0.3, 0.4) is 0 Å². The van der Waals surface area contributed by atoms with Crippen molar-refractivity contribution in [2.45, 2.75) is 26.8 Å². The molecule has 0 aliphatic carbocycles. The van der Waals surface area contributed by atoms with E-state index in [2.05, 4.69) is 10.3 Å². The summed E-state index contributed by atoms with van der Waals surface area (Å²) in [6.45, 7) is 4.12. The predicted molar refractivity (Wildman–Crippen MR) is 106 cm³/mol. The molecule has 7 nitrogen and oxygen atoms in total. The fraction of sp³-hybridized carbons (Fsp3) is 0.238. The molecule has 0 saturated heterocycles. The van der Waals surface area contributed by atoms with Gasteiger partial charge in [-0.15, -0.1) is 0 Å². The number of amides is 1. The third-order valence-corrected chi connectivity index (χ3v) is 4.29. The number of ether oxygens (including phenoxy) is 1. The molecule has 1 N–H and O–H groups in total. The molecule has 0 saturated carbocycles. The lowest BCUT2D eigenvalue weighted by Gasteiger charge is -2.09. The van der Waals surface area contributed by atoms with Crippen LogP contribution in [0.5, 0.6) is 0 Å². The molecule has 28 heavy (non-hydrogen) atoms. The van der Waals surface area contributed by atoms with Crippen molar-refractivity contribution in [2.75, 3.05) is 11.9 Å². The van der Waals surface area contributed by atoms with Crippen molar-refractivity contribution in [2.24, 2.45) is 0 Å². The van der Waals surface area contributed by atoms with Crippen LogP contribution in [-0.2, 0) is 16.1 Å². The summed E-state index contributed by atoms with van der Waals surface area (Å²) in [6, 6.07) is 12.0. The topological polar surface area (TPSA) is 90.3 Å². The molecular formula is C21H21N3O4. The number of carbonyl (C=O) groups is 2. The number of fused-ring (bicyclic) bond motifs is 1. The second kappa shape index (κ2) is 8.47. The third-order valence-electron chi connectivity index (χ3n) is 4.29. The first-order valence-electron chi connectivity index (χ1n) is 9.01. The monoisotopic (exact) mass is 379 g/mol. The van der Waals surface area contributed by atoms with Gasteiger partial charge in [-0.25, -0.2) is 9.78 Å². The fourth-order valence-electron chi connectivity index (χ4n) is 2.88. The van der Waals surface area contributed by atoms with E-state index < -0.39 is 5.97 Å². The highest BCUT2D eigenvalue weighted by Gasteiger charge is 2.10. The Kier molecular flexibility index (Phi) is 5.84. The Morgan fingerprint density at radius 2 is 1.96 bits per heavy atom. The van der Waals surface area contributed by atoms with Crippen LogP contribution in [0.1, 0.15) is 29.3 Å². The van der Waals surface area contributed by atoms with E-state index >= 15 is 0 Å². The van der Waals surface area contributed by atoms with Gasteiger partial charge in [-0.1, -0.05) is 18.2 Å². The predicted octanol–water partition coefficient (Wildman–Crippen LogP) is 2.91. The minimum absolute atomic E-state index is 0.0997. The Morgan fingerprint density at radius 1 is 1.18 bits per heavy atom.